The van der Waals surface area contributed by atoms with Gasteiger partial charge in [-0.15, -0.1) is 0 Å². The molecule has 1 aliphatic heterocycles. The van der Waals surface area contributed by atoms with Crippen LogP contribution in [0.1, 0.15) is 12.0 Å². The summed E-state index contributed by atoms with van der Waals surface area (Å²) in [7, 11) is 3.48. The summed E-state index contributed by atoms with van der Waals surface area (Å²) >= 11 is 0. The molecule has 3 radical (unpaired) electrons. The van der Waals surface area contributed by atoms with Crippen LogP contribution >= 0.6 is 0 Å². The smallest absolute Gasteiger partial charge is 0.122 e. The number of fused-ring (bicyclic) bond motifs is 1. The normalized spacial score (nSPS) is 14.7. The molecule has 3 aromatic rings. The minimum absolute atomic E-state index is 0. The molecule has 0 bridgehead atoms. The number of ether oxygens (including phenoxy) is 1. The molecule has 0 fully saturated rings. The van der Waals surface area contributed by atoms with Gasteiger partial charge in [-0.2, -0.15) is 18.2 Å². The van der Waals surface area contributed by atoms with Gasteiger partial charge in [0.15, 0.2) is 0 Å². The first-order valence-corrected chi connectivity index (χ1v) is 7.73. The van der Waals surface area contributed by atoms with Gasteiger partial charge < -0.3 is 35.1 Å². The zero-order valence-corrected chi connectivity index (χ0v) is 14.7. The minimum atomic E-state index is 0. The maximum Gasteiger partial charge on any atom is 0.122 e. The van der Waals surface area contributed by atoms with E-state index in [9.17, 15) is 0 Å². The second-order valence-corrected chi connectivity index (χ2v) is 5.32. The van der Waals surface area contributed by atoms with E-state index in [0.29, 0.717) is 0 Å². The Kier molecular flexibility index (Phi) is 9.34. The predicted molar refractivity (Wildman–Crippen MR) is 89.0 cm³/mol. The van der Waals surface area contributed by atoms with Crippen LogP contribution in [0.5, 0.6) is 5.75 Å². The van der Waals surface area contributed by atoms with Gasteiger partial charge in [0, 0.05) is 17.4 Å². The van der Waals surface area contributed by atoms with Gasteiger partial charge in [0.05, 0.1) is 16.0 Å². The second kappa shape index (κ2) is 11.1. The van der Waals surface area contributed by atoms with Crippen molar-refractivity contribution in [3.63, 3.8) is 0 Å². The van der Waals surface area contributed by atoms with E-state index in [4.69, 9.17) is 4.74 Å². The third-order valence-corrected chi connectivity index (χ3v) is 3.44. The number of benzene rings is 1. The van der Waals surface area contributed by atoms with E-state index in [2.05, 4.69) is 22.4 Å². The SMILES string of the molecule is [Cr].[Si]C1CCc2ccccc2O1.[cH-]1[cH-][cH-][cH-][cH-]1.c1cc[cH-]c1. The molecule has 1 unspecified atom stereocenters. The van der Waals surface area contributed by atoms with Crippen LogP contribution in [0.2, 0.25) is 0 Å². The van der Waals surface area contributed by atoms with Crippen LogP contribution in [0.25, 0.3) is 0 Å². The summed E-state index contributed by atoms with van der Waals surface area (Å²) in [5, 5.41) is 0. The van der Waals surface area contributed by atoms with E-state index < -0.39 is 0 Å². The standard InChI is InChI=1S/C9H9OSi.2C5H5.Cr/c11-9-6-5-7-3-1-2-4-8(7)10-9;2*1-2-4-5-3-1;/h1-4,9H,5-6H2;2*1-5H;/q;-5;-1;. The molecule has 1 atom stereocenters. The number of para-hydroxylation sites is 1. The average molecular weight is 343 g/mol. The summed E-state index contributed by atoms with van der Waals surface area (Å²) in [6.07, 6.45) is 2.18. The Hall–Kier alpha value is -1.53. The van der Waals surface area contributed by atoms with Gasteiger partial charge >= 0.3 is 0 Å². The molecule has 0 aromatic heterocycles. The van der Waals surface area contributed by atoms with Gasteiger partial charge in [0.2, 0.25) is 0 Å². The largest absolute Gasteiger partial charge is 0.748 e. The molecule has 3 heteroatoms. The van der Waals surface area contributed by atoms with E-state index in [-0.39, 0.29) is 23.1 Å². The van der Waals surface area contributed by atoms with Crippen molar-refractivity contribution in [2.75, 3.05) is 0 Å². The van der Waals surface area contributed by atoms with Crippen LogP contribution in [0.4, 0.5) is 0 Å². The summed E-state index contributed by atoms with van der Waals surface area (Å²) in [6.45, 7) is 0. The van der Waals surface area contributed by atoms with Crippen molar-refractivity contribution in [3.8, 4) is 5.75 Å². The number of hydrogen-bond acceptors (Lipinski definition) is 1. The zero-order valence-electron chi connectivity index (χ0n) is 12.4. The van der Waals surface area contributed by atoms with Gasteiger partial charge in [-0.1, -0.05) is 18.2 Å². The molecule has 117 valence electrons. The number of aryl methyl sites for hydroxylation is 1. The Labute approximate surface area is 147 Å². The molecular weight excluding hydrogens is 324 g/mol. The van der Waals surface area contributed by atoms with Crippen LogP contribution in [0.15, 0.2) is 84.9 Å². The summed E-state index contributed by atoms with van der Waals surface area (Å²) < 4.78 is 5.55. The Bertz CT molecular complexity index is 515. The topological polar surface area (TPSA) is 9.23 Å². The zero-order chi connectivity index (χ0) is 14.8. The van der Waals surface area contributed by atoms with E-state index in [1.54, 1.807) is 0 Å². The second-order valence-electron chi connectivity index (χ2n) is 4.68. The fraction of sp³-hybridized carbons (Fsp3) is 0.158. The molecule has 0 aliphatic carbocycles. The molecule has 0 saturated carbocycles. The van der Waals surface area contributed by atoms with Crippen molar-refractivity contribution in [1.29, 1.82) is 0 Å². The first-order chi connectivity index (χ1) is 10.4. The molecule has 22 heavy (non-hydrogen) atoms. The fourth-order valence-electron chi connectivity index (χ4n) is 1.97. The molecule has 0 spiro atoms. The molecule has 0 N–H and O–H groups in total. The molecule has 1 heterocycles. The number of hydrogen-bond donors (Lipinski definition) is 0. The van der Waals surface area contributed by atoms with Crippen LogP contribution in [0, 0.1) is 0 Å². The van der Waals surface area contributed by atoms with E-state index >= 15 is 0 Å². The molecule has 4 rings (SSSR count). The Morgan fingerprint density at radius 2 is 1.50 bits per heavy atom. The molecular formula is C19H19CrOSi-6. The van der Waals surface area contributed by atoms with Crippen LogP contribution in [0.3, 0.4) is 0 Å². The first-order valence-electron chi connectivity index (χ1n) is 7.15. The molecule has 1 nitrogen and oxygen atoms in total. The Morgan fingerprint density at radius 1 is 0.909 bits per heavy atom. The van der Waals surface area contributed by atoms with Crippen molar-refractivity contribution < 1.29 is 22.1 Å². The molecule has 0 saturated heterocycles. The van der Waals surface area contributed by atoms with Crippen molar-refractivity contribution >= 4 is 10.2 Å². The Morgan fingerprint density at radius 3 is 2.05 bits per heavy atom. The molecule has 0 amide bonds. The van der Waals surface area contributed by atoms with E-state index in [0.717, 1.165) is 18.6 Å². The number of rotatable bonds is 0. The summed E-state index contributed by atoms with van der Waals surface area (Å²) in [5.74, 6) is 1.03. The van der Waals surface area contributed by atoms with Crippen molar-refractivity contribution in [3.05, 3.63) is 90.5 Å². The minimum Gasteiger partial charge on any atom is -0.748 e. The Balaban J connectivity index is 0.000000185. The van der Waals surface area contributed by atoms with Gasteiger partial charge in [0.25, 0.3) is 0 Å². The van der Waals surface area contributed by atoms with Gasteiger partial charge in [-0.05, 0) is 24.5 Å². The maximum atomic E-state index is 5.55. The van der Waals surface area contributed by atoms with Crippen molar-refractivity contribution in [2.24, 2.45) is 0 Å². The van der Waals surface area contributed by atoms with Crippen LogP contribution in [-0.2, 0) is 23.8 Å². The summed E-state index contributed by atoms with van der Waals surface area (Å²) in [5.41, 5.74) is 1.52. The third-order valence-electron chi connectivity index (χ3n) is 3.03. The van der Waals surface area contributed by atoms with Gasteiger partial charge in [0.1, 0.15) is 5.75 Å². The van der Waals surface area contributed by atoms with Crippen molar-refractivity contribution in [2.45, 2.75) is 18.6 Å². The maximum absolute atomic E-state index is 5.55. The third kappa shape index (κ3) is 6.95. The van der Waals surface area contributed by atoms with E-state index in [1.807, 2.05) is 72.8 Å². The molecule has 3 aromatic carbocycles. The van der Waals surface area contributed by atoms with Crippen LogP contribution in [-0.4, -0.2) is 16.0 Å². The van der Waals surface area contributed by atoms with E-state index in [1.165, 1.54) is 5.56 Å². The quantitative estimate of drug-likeness (QED) is 0.436. The fourth-order valence-corrected chi connectivity index (χ4v) is 2.24. The van der Waals surface area contributed by atoms with Crippen molar-refractivity contribution in [1.82, 2.24) is 0 Å². The van der Waals surface area contributed by atoms with Gasteiger partial charge in [-0.25, -0.2) is 12.1 Å². The van der Waals surface area contributed by atoms with Crippen LogP contribution < -0.4 is 4.74 Å². The first kappa shape index (κ1) is 18.5. The molecule has 1 aliphatic rings. The summed E-state index contributed by atoms with van der Waals surface area (Å²) in [6, 6.07) is 28.2. The van der Waals surface area contributed by atoms with Gasteiger partial charge in [-0.3, -0.25) is 0 Å². The summed E-state index contributed by atoms with van der Waals surface area (Å²) in [4.78, 5) is 0. The monoisotopic (exact) mass is 343 g/mol. The predicted octanol–water partition coefficient (Wildman–Crippen LogP) is 4.31. The average Bonchev–Trinajstić information content (AvgIpc) is 3.25.